The van der Waals surface area contributed by atoms with Gasteiger partial charge in [-0.3, -0.25) is 4.79 Å². The van der Waals surface area contributed by atoms with Crippen molar-refractivity contribution in [1.82, 2.24) is 14.9 Å². The molecule has 0 bridgehead atoms. The van der Waals surface area contributed by atoms with Crippen LogP contribution in [-0.4, -0.2) is 34.8 Å². The van der Waals surface area contributed by atoms with E-state index in [1.165, 1.54) is 0 Å². The van der Waals surface area contributed by atoms with Crippen molar-refractivity contribution < 1.29 is 14.3 Å². The maximum absolute atomic E-state index is 12.5. The Morgan fingerprint density at radius 1 is 1.31 bits per heavy atom. The summed E-state index contributed by atoms with van der Waals surface area (Å²) in [7, 11) is 0. The normalized spacial score (nSPS) is 17.4. The molecule has 7 heteroatoms. The molecule has 1 aliphatic rings. The van der Waals surface area contributed by atoms with Gasteiger partial charge in [0.1, 0.15) is 24.3 Å². The maximum atomic E-state index is 12.5. The number of ether oxygens (including phenoxy) is 2. The van der Waals surface area contributed by atoms with Gasteiger partial charge < -0.3 is 19.4 Å². The zero-order valence-electron chi connectivity index (χ0n) is 16.3. The average Bonchev–Trinajstić information content (AvgIpc) is 3.38. The molecule has 1 aliphatic heterocycles. The lowest BCUT2D eigenvalue weighted by Gasteiger charge is -2.18. The fraction of sp³-hybridized carbons (Fsp3) is 0.364. The largest absolute Gasteiger partial charge is 0.492 e. The number of para-hydroxylation sites is 2. The predicted octanol–water partition coefficient (Wildman–Crippen LogP) is 4.12. The Morgan fingerprint density at radius 3 is 2.86 bits per heavy atom. The van der Waals surface area contributed by atoms with Crippen molar-refractivity contribution in [3.8, 4) is 5.75 Å². The molecule has 29 heavy (non-hydrogen) atoms. The van der Waals surface area contributed by atoms with Gasteiger partial charge in [0.05, 0.1) is 23.6 Å². The number of rotatable bonds is 7. The van der Waals surface area contributed by atoms with E-state index in [9.17, 15) is 4.79 Å². The van der Waals surface area contributed by atoms with Crippen LogP contribution >= 0.6 is 11.6 Å². The number of imidazole rings is 1. The van der Waals surface area contributed by atoms with Gasteiger partial charge in [-0.05, 0) is 56.2 Å². The standard InChI is InChI=1S/C22H24ClN3O3/c1-15(24-22(27)20-7-4-13-29-20)21-25-18-5-2-3-6-19(18)26(21)12-14-28-17-10-8-16(23)9-11-17/h2-3,5-6,8-11,15,20H,4,7,12-14H2,1H3,(H,24,27). The zero-order chi connectivity index (χ0) is 20.2. The summed E-state index contributed by atoms with van der Waals surface area (Å²) in [5.41, 5.74) is 1.91. The first-order valence-electron chi connectivity index (χ1n) is 9.87. The SMILES string of the molecule is CC(NC(=O)C1CCCO1)c1nc2ccccc2n1CCOc1ccc(Cl)cc1. The van der Waals surface area contributed by atoms with E-state index in [1.54, 1.807) is 12.1 Å². The number of carbonyl (C=O) groups excluding carboxylic acids is 1. The fourth-order valence-electron chi connectivity index (χ4n) is 3.60. The Morgan fingerprint density at radius 2 is 2.10 bits per heavy atom. The number of benzene rings is 2. The van der Waals surface area contributed by atoms with E-state index < -0.39 is 0 Å². The van der Waals surface area contributed by atoms with E-state index in [4.69, 9.17) is 26.1 Å². The van der Waals surface area contributed by atoms with Crippen LogP contribution in [0, 0.1) is 0 Å². The van der Waals surface area contributed by atoms with Crippen molar-refractivity contribution in [3.63, 3.8) is 0 Å². The summed E-state index contributed by atoms with van der Waals surface area (Å²) < 4.78 is 13.5. The second-order valence-corrected chi connectivity index (χ2v) is 7.58. The number of nitrogens with one attached hydrogen (secondary N) is 1. The predicted molar refractivity (Wildman–Crippen MR) is 112 cm³/mol. The topological polar surface area (TPSA) is 65.4 Å². The highest BCUT2D eigenvalue weighted by Gasteiger charge is 2.26. The molecule has 0 radical (unpaired) electrons. The third-order valence-electron chi connectivity index (χ3n) is 5.05. The lowest BCUT2D eigenvalue weighted by atomic mass is 10.2. The molecule has 152 valence electrons. The van der Waals surface area contributed by atoms with E-state index in [-0.39, 0.29) is 18.1 Å². The smallest absolute Gasteiger partial charge is 0.249 e. The van der Waals surface area contributed by atoms with Crippen LogP contribution in [0.4, 0.5) is 0 Å². The van der Waals surface area contributed by atoms with Gasteiger partial charge in [-0.15, -0.1) is 0 Å². The molecule has 0 spiro atoms. The summed E-state index contributed by atoms with van der Waals surface area (Å²) >= 11 is 5.93. The van der Waals surface area contributed by atoms with Gasteiger partial charge in [0.25, 0.3) is 0 Å². The molecule has 1 N–H and O–H groups in total. The number of hydrogen-bond donors (Lipinski definition) is 1. The monoisotopic (exact) mass is 413 g/mol. The number of fused-ring (bicyclic) bond motifs is 1. The number of nitrogens with zero attached hydrogens (tertiary/aromatic N) is 2. The Balaban J connectivity index is 1.50. The first-order valence-corrected chi connectivity index (χ1v) is 10.2. The minimum atomic E-state index is -0.358. The van der Waals surface area contributed by atoms with Crippen molar-refractivity contribution in [3.05, 3.63) is 59.4 Å². The van der Waals surface area contributed by atoms with Crippen molar-refractivity contribution >= 4 is 28.5 Å². The number of aromatic nitrogens is 2. The highest BCUT2D eigenvalue weighted by molar-refractivity contribution is 6.30. The van der Waals surface area contributed by atoms with Gasteiger partial charge in [0.2, 0.25) is 5.91 Å². The number of amides is 1. The molecule has 2 aromatic carbocycles. The fourth-order valence-corrected chi connectivity index (χ4v) is 3.73. The van der Waals surface area contributed by atoms with Crippen LogP contribution in [0.2, 0.25) is 5.02 Å². The average molecular weight is 414 g/mol. The molecule has 2 unspecified atom stereocenters. The minimum absolute atomic E-state index is 0.0778. The van der Waals surface area contributed by atoms with E-state index in [0.29, 0.717) is 24.8 Å². The Hall–Kier alpha value is -2.57. The molecule has 1 aromatic heterocycles. The van der Waals surface area contributed by atoms with Crippen LogP contribution in [0.15, 0.2) is 48.5 Å². The van der Waals surface area contributed by atoms with Crippen LogP contribution in [0.1, 0.15) is 31.6 Å². The number of hydrogen-bond acceptors (Lipinski definition) is 4. The number of carbonyl (C=O) groups is 1. The zero-order valence-corrected chi connectivity index (χ0v) is 17.1. The first-order chi connectivity index (χ1) is 14.1. The van der Waals surface area contributed by atoms with Gasteiger partial charge in [0.15, 0.2) is 0 Å². The molecule has 6 nitrogen and oxygen atoms in total. The van der Waals surface area contributed by atoms with E-state index in [0.717, 1.165) is 35.4 Å². The van der Waals surface area contributed by atoms with Crippen LogP contribution < -0.4 is 10.1 Å². The van der Waals surface area contributed by atoms with Crippen molar-refractivity contribution in [2.75, 3.05) is 13.2 Å². The molecule has 4 rings (SSSR count). The van der Waals surface area contributed by atoms with Crippen LogP contribution in [0.3, 0.4) is 0 Å². The van der Waals surface area contributed by atoms with Gasteiger partial charge in [-0.1, -0.05) is 23.7 Å². The minimum Gasteiger partial charge on any atom is -0.492 e. The molecule has 0 aliphatic carbocycles. The molecule has 1 amide bonds. The molecular formula is C22H24ClN3O3. The van der Waals surface area contributed by atoms with Crippen LogP contribution in [0.5, 0.6) is 5.75 Å². The second kappa shape index (κ2) is 8.84. The molecular weight excluding hydrogens is 390 g/mol. The van der Waals surface area contributed by atoms with Gasteiger partial charge in [0, 0.05) is 11.6 Å². The second-order valence-electron chi connectivity index (χ2n) is 7.14. The first kappa shape index (κ1) is 19.7. The van der Waals surface area contributed by atoms with Gasteiger partial charge in [-0.2, -0.15) is 0 Å². The third-order valence-corrected chi connectivity index (χ3v) is 5.30. The van der Waals surface area contributed by atoms with Crippen LogP contribution in [-0.2, 0) is 16.1 Å². The third kappa shape index (κ3) is 4.54. The van der Waals surface area contributed by atoms with Gasteiger partial charge >= 0.3 is 0 Å². The summed E-state index contributed by atoms with van der Waals surface area (Å²) in [4.78, 5) is 17.2. The highest BCUT2D eigenvalue weighted by atomic mass is 35.5. The Bertz CT molecular complexity index is 981. The number of halogens is 1. The molecule has 2 atom stereocenters. The van der Waals surface area contributed by atoms with Crippen molar-refractivity contribution in [2.45, 2.75) is 38.5 Å². The molecule has 0 saturated carbocycles. The summed E-state index contributed by atoms with van der Waals surface area (Å²) in [6, 6.07) is 15.0. The lowest BCUT2D eigenvalue weighted by Crippen LogP contribution is -2.36. The van der Waals surface area contributed by atoms with Crippen molar-refractivity contribution in [1.29, 1.82) is 0 Å². The van der Waals surface area contributed by atoms with E-state index in [1.807, 2.05) is 43.3 Å². The molecule has 1 fully saturated rings. The van der Waals surface area contributed by atoms with Gasteiger partial charge in [-0.25, -0.2) is 4.98 Å². The quantitative estimate of drug-likeness (QED) is 0.632. The summed E-state index contributed by atoms with van der Waals surface area (Å²) in [6.45, 7) is 3.68. The maximum Gasteiger partial charge on any atom is 0.249 e. The molecule has 3 aromatic rings. The lowest BCUT2D eigenvalue weighted by molar-refractivity contribution is -0.130. The summed E-state index contributed by atoms with van der Waals surface area (Å²) in [5.74, 6) is 1.49. The molecule has 1 saturated heterocycles. The summed E-state index contributed by atoms with van der Waals surface area (Å²) in [5, 5.41) is 3.73. The highest BCUT2D eigenvalue weighted by Crippen LogP contribution is 2.22. The van der Waals surface area contributed by atoms with Crippen molar-refractivity contribution in [2.24, 2.45) is 0 Å². The van der Waals surface area contributed by atoms with Crippen LogP contribution in [0.25, 0.3) is 11.0 Å². The molecule has 2 heterocycles. The van der Waals surface area contributed by atoms with E-state index >= 15 is 0 Å². The summed E-state index contributed by atoms with van der Waals surface area (Å²) in [6.07, 6.45) is 1.33. The Labute approximate surface area is 174 Å². The Kier molecular flexibility index (Phi) is 6.02. The van der Waals surface area contributed by atoms with E-state index in [2.05, 4.69) is 9.88 Å².